The molecule has 3 N–H and O–H groups in total. The average molecular weight is 458 g/mol. The molecule has 0 radical (unpaired) electrons. The summed E-state index contributed by atoms with van der Waals surface area (Å²) >= 11 is 0. The van der Waals surface area contributed by atoms with E-state index in [1.165, 1.54) is 6.07 Å². The minimum atomic E-state index is -1.43. The number of ether oxygens (including phenoxy) is 1. The number of aromatic nitrogens is 2. The van der Waals surface area contributed by atoms with Crippen LogP contribution in [0.15, 0.2) is 77.6 Å². The Labute approximate surface area is 194 Å². The molecule has 0 atom stereocenters. The molecule has 172 valence electrons. The second-order valence-electron chi connectivity index (χ2n) is 7.79. The van der Waals surface area contributed by atoms with Crippen LogP contribution in [0.4, 0.5) is 0 Å². The van der Waals surface area contributed by atoms with Crippen molar-refractivity contribution in [1.29, 1.82) is 0 Å². The van der Waals surface area contributed by atoms with Crippen molar-refractivity contribution in [3.8, 4) is 28.4 Å². The lowest BCUT2D eigenvalue weighted by molar-refractivity contribution is -0.154. The lowest BCUT2D eigenvalue weighted by Gasteiger charge is -2.10. The van der Waals surface area contributed by atoms with Gasteiger partial charge in [0.15, 0.2) is 5.92 Å². The first-order valence-corrected chi connectivity index (χ1v) is 10.7. The number of aromatic amines is 1. The number of benzene rings is 3. The summed E-state index contributed by atoms with van der Waals surface area (Å²) in [6.07, 6.45) is 0.298. The summed E-state index contributed by atoms with van der Waals surface area (Å²) in [6.45, 7) is 0.206. The Balaban J connectivity index is 1.49. The molecule has 0 unspecified atom stereocenters. The molecule has 3 aromatic carbocycles. The minimum Gasteiger partial charge on any atom is -0.494 e. The zero-order valence-corrected chi connectivity index (χ0v) is 18.1. The number of fused-ring (bicyclic) bond motifs is 1. The zero-order valence-electron chi connectivity index (χ0n) is 18.1. The van der Waals surface area contributed by atoms with Gasteiger partial charge in [-0.05, 0) is 41.8 Å². The van der Waals surface area contributed by atoms with Crippen LogP contribution in [0.1, 0.15) is 12.8 Å². The van der Waals surface area contributed by atoms with Crippen molar-refractivity contribution >= 4 is 22.7 Å². The van der Waals surface area contributed by atoms with Crippen LogP contribution in [0, 0.1) is 5.92 Å². The summed E-state index contributed by atoms with van der Waals surface area (Å²) in [5, 5.41) is 19.7. The molecule has 1 heterocycles. The molecule has 0 fully saturated rings. The molecule has 4 aromatic rings. The van der Waals surface area contributed by atoms with E-state index in [0.29, 0.717) is 23.7 Å². The second kappa shape index (κ2) is 9.99. The quantitative estimate of drug-likeness (QED) is 0.253. The second-order valence-corrected chi connectivity index (χ2v) is 7.79. The monoisotopic (exact) mass is 458 g/mol. The summed E-state index contributed by atoms with van der Waals surface area (Å²) in [4.78, 5) is 41.5. The Hall–Kier alpha value is -4.46. The number of hydrogen-bond donors (Lipinski definition) is 3. The fourth-order valence-electron chi connectivity index (χ4n) is 3.64. The van der Waals surface area contributed by atoms with E-state index in [1.807, 2.05) is 60.7 Å². The summed E-state index contributed by atoms with van der Waals surface area (Å²) < 4.78 is 5.67. The standard InChI is InChI=1S/C26H22N2O6/c29-23-15-22(16-5-2-1-3-6-16)27-24(28-23)19-9-8-18-14-20(11-10-17(18)13-19)34-12-4-7-21(25(30)31)26(32)33/h1-3,5-6,8-11,13-15,21H,4,7,12H2,(H,30,31)(H,32,33)(H,27,28,29). The average Bonchev–Trinajstić information content (AvgIpc) is 2.83. The third-order valence-corrected chi connectivity index (χ3v) is 5.40. The zero-order chi connectivity index (χ0) is 24.1. The van der Waals surface area contributed by atoms with Crippen LogP contribution < -0.4 is 10.3 Å². The van der Waals surface area contributed by atoms with Crippen LogP contribution in [-0.4, -0.2) is 38.7 Å². The third-order valence-electron chi connectivity index (χ3n) is 5.40. The van der Waals surface area contributed by atoms with Crippen molar-refractivity contribution in [2.45, 2.75) is 12.8 Å². The van der Waals surface area contributed by atoms with Crippen molar-refractivity contribution in [1.82, 2.24) is 9.97 Å². The van der Waals surface area contributed by atoms with Gasteiger partial charge in [-0.1, -0.05) is 48.5 Å². The van der Waals surface area contributed by atoms with Crippen molar-refractivity contribution < 1.29 is 24.5 Å². The van der Waals surface area contributed by atoms with E-state index >= 15 is 0 Å². The number of H-pyrrole nitrogens is 1. The minimum absolute atomic E-state index is 0.00510. The number of nitrogens with one attached hydrogen (secondary N) is 1. The molecular weight excluding hydrogens is 436 g/mol. The molecule has 0 aliphatic carbocycles. The molecular formula is C26H22N2O6. The van der Waals surface area contributed by atoms with E-state index in [0.717, 1.165) is 21.9 Å². The first-order chi connectivity index (χ1) is 16.4. The van der Waals surface area contributed by atoms with Gasteiger partial charge in [0, 0.05) is 17.2 Å². The molecule has 4 rings (SSSR count). The SMILES string of the molecule is O=C(O)C(CCCOc1ccc2cc(-c3nc(-c4ccccc4)cc(=O)[nH]3)ccc2c1)C(=O)O. The van der Waals surface area contributed by atoms with Gasteiger partial charge in [-0.2, -0.15) is 0 Å². The number of carboxylic acids is 2. The summed E-state index contributed by atoms with van der Waals surface area (Å²) in [5.74, 6) is -3.06. The Kier molecular flexibility index (Phi) is 6.68. The van der Waals surface area contributed by atoms with Crippen molar-refractivity contribution in [2.75, 3.05) is 6.61 Å². The van der Waals surface area contributed by atoms with Crippen LogP contribution in [-0.2, 0) is 9.59 Å². The molecule has 0 saturated heterocycles. The highest BCUT2D eigenvalue weighted by atomic mass is 16.5. The molecule has 8 heteroatoms. The summed E-state index contributed by atoms with van der Waals surface area (Å²) in [7, 11) is 0. The number of carboxylic acid groups (broad SMARTS) is 2. The van der Waals surface area contributed by atoms with E-state index in [1.54, 1.807) is 6.07 Å². The number of aliphatic carboxylic acids is 2. The van der Waals surface area contributed by atoms with Crippen LogP contribution in [0.25, 0.3) is 33.4 Å². The van der Waals surface area contributed by atoms with Gasteiger partial charge in [0.1, 0.15) is 11.6 Å². The van der Waals surface area contributed by atoms with E-state index in [9.17, 15) is 14.4 Å². The Morgan fingerprint density at radius 1 is 0.882 bits per heavy atom. The topological polar surface area (TPSA) is 130 Å². The Bertz CT molecular complexity index is 1380. The Morgan fingerprint density at radius 2 is 1.59 bits per heavy atom. The largest absolute Gasteiger partial charge is 0.494 e. The normalized spacial score (nSPS) is 11.0. The van der Waals surface area contributed by atoms with Gasteiger partial charge in [-0.25, -0.2) is 4.98 Å². The van der Waals surface area contributed by atoms with Crippen molar-refractivity contribution in [3.05, 3.63) is 83.2 Å². The summed E-state index contributed by atoms with van der Waals surface area (Å²) in [5.41, 5.74) is 1.98. The molecule has 0 aliphatic rings. The first kappa shape index (κ1) is 22.7. The number of nitrogens with zero attached hydrogens (tertiary/aromatic N) is 1. The van der Waals surface area contributed by atoms with Crippen LogP contribution in [0.3, 0.4) is 0 Å². The van der Waals surface area contributed by atoms with E-state index in [-0.39, 0.29) is 18.6 Å². The lowest BCUT2D eigenvalue weighted by atomic mass is 10.0. The maximum absolute atomic E-state index is 12.2. The van der Waals surface area contributed by atoms with Gasteiger partial charge in [0.25, 0.3) is 5.56 Å². The van der Waals surface area contributed by atoms with Crippen molar-refractivity contribution in [3.63, 3.8) is 0 Å². The molecule has 0 bridgehead atoms. The highest BCUT2D eigenvalue weighted by molar-refractivity contribution is 5.92. The smallest absolute Gasteiger partial charge is 0.317 e. The Morgan fingerprint density at radius 3 is 2.32 bits per heavy atom. The number of carbonyl (C=O) groups is 2. The van der Waals surface area contributed by atoms with E-state index in [2.05, 4.69) is 9.97 Å². The predicted molar refractivity (Wildman–Crippen MR) is 127 cm³/mol. The van der Waals surface area contributed by atoms with Crippen molar-refractivity contribution in [2.24, 2.45) is 5.92 Å². The molecule has 8 nitrogen and oxygen atoms in total. The molecule has 0 saturated carbocycles. The van der Waals surface area contributed by atoms with Gasteiger partial charge in [-0.15, -0.1) is 0 Å². The molecule has 0 spiro atoms. The molecule has 34 heavy (non-hydrogen) atoms. The third kappa shape index (κ3) is 5.29. The van der Waals surface area contributed by atoms with E-state index < -0.39 is 17.9 Å². The van der Waals surface area contributed by atoms with Gasteiger partial charge in [-0.3, -0.25) is 14.4 Å². The first-order valence-electron chi connectivity index (χ1n) is 10.7. The van der Waals surface area contributed by atoms with Gasteiger partial charge < -0.3 is 19.9 Å². The van der Waals surface area contributed by atoms with Gasteiger partial charge in [0.2, 0.25) is 0 Å². The maximum Gasteiger partial charge on any atom is 0.317 e. The lowest BCUT2D eigenvalue weighted by Crippen LogP contribution is -2.23. The van der Waals surface area contributed by atoms with Gasteiger partial charge in [0.05, 0.1) is 12.3 Å². The number of hydrogen-bond acceptors (Lipinski definition) is 5. The highest BCUT2D eigenvalue weighted by Gasteiger charge is 2.24. The van der Waals surface area contributed by atoms with E-state index in [4.69, 9.17) is 14.9 Å². The molecule has 1 aromatic heterocycles. The number of rotatable bonds is 9. The predicted octanol–water partition coefficient (Wildman–Crippen LogP) is 4.20. The van der Waals surface area contributed by atoms with Gasteiger partial charge >= 0.3 is 11.9 Å². The molecule has 0 amide bonds. The van der Waals surface area contributed by atoms with Crippen LogP contribution >= 0.6 is 0 Å². The maximum atomic E-state index is 12.2. The summed E-state index contributed by atoms with van der Waals surface area (Å²) in [6, 6.07) is 22.2. The van der Waals surface area contributed by atoms with Crippen LogP contribution in [0.2, 0.25) is 0 Å². The fraction of sp³-hybridized carbons (Fsp3) is 0.154. The fourth-order valence-corrected chi connectivity index (χ4v) is 3.64. The van der Waals surface area contributed by atoms with Crippen LogP contribution in [0.5, 0.6) is 5.75 Å². The highest BCUT2D eigenvalue weighted by Crippen LogP contribution is 2.26. The molecule has 0 aliphatic heterocycles.